The highest BCUT2D eigenvalue weighted by atomic mass is 32.1. The maximum atomic E-state index is 12.8. The molecule has 0 unspecified atom stereocenters. The van der Waals surface area contributed by atoms with Crippen molar-refractivity contribution in [1.82, 2.24) is 9.88 Å². The smallest absolute Gasteiger partial charge is 0.261 e. The van der Waals surface area contributed by atoms with E-state index in [1.165, 1.54) is 29.7 Å². The van der Waals surface area contributed by atoms with E-state index in [0.29, 0.717) is 17.0 Å². The SMILES string of the molecule is O=C(Nc1cccc(-c2nccs2)c1)c1ccc2c(c1)C(=O)N(Cc1ccco1)C2=O. The highest BCUT2D eigenvalue weighted by molar-refractivity contribution is 7.13. The molecule has 0 bridgehead atoms. The van der Waals surface area contributed by atoms with Crippen LogP contribution in [0.15, 0.2) is 76.9 Å². The molecule has 0 saturated heterocycles. The van der Waals surface area contributed by atoms with Crippen LogP contribution in [0.3, 0.4) is 0 Å². The normalized spacial score (nSPS) is 12.8. The fourth-order valence-corrected chi connectivity index (χ4v) is 4.07. The van der Waals surface area contributed by atoms with Gasteiger partial charge in [-0.2, -0.15) is 0 Å². The molecule has 0 radical (unpaired) electrons. The van der Waals surface area contributed by atoms with Gasteiger partial charge in [0.15, 0.2) is 0 Å². The van der Waals surface area contributed by atoms with E-state index in [0.717, 1.165) is 15.5 Å². The Labute approximate surface area is 181 Å². The highest BCUT2D eigenvalue weighted by Crippen LogP contribution is 2.27. The van der Waals surface area contributed by atoms with Gasteiger partial charge in [0.1, 0.15) is 10.8 Å². The number of carbonyl (C=O) groups excluding carboxylic acids is 3. The topological polar surface area (TPSA) is 92.5 Å². The molecule has 0 spiro atoms. The molecule has 0 fully saturated rings. The Hall–Kier alpha value is -4.04. The van der Waals surface area contributed by atoms with Gasteiger partial charge < -0.3 is 9.73 Å². The van der Waals surface area contributed by atoms with Crippen LogP contribution in [-0.2, 0) is 6.54 Å². The summed E-state index contributed by atoms with van der Waals surface area (Å²) in [5.41, 5.74) is 2.29. The number of carbonyl (C=O) groups is 3. The van der Waals surface area contributed by atoms with Crippen LogP contribution >= 0.6 is 11.3 Å². The van der Waals surface area contributed by atoms with Gasteiger partial charge in [0.25, 0.3) is 17.7 Å². The van der Waals surface area contributed by atoms with Gasteiger partial charge in [-0.25, -0.2) is 4.98 Å². The maximum absolute atomic E-state index is 12.8. The van der Waals surface area contributed by atoms with Crippen molar-refractivity contribution in [3.63, 3.8) is 0 Å². The molecule has 0 atom stereocenters. The predicted octanol–water partition coefficient (Wildman–Crippen LogP) is 4.45. The molecule has 3 amide bonds. The van der Waals surface area contributed by atoms with Crippen molar-refractivity contribution >= 4 is 34.7 Å². The average molecular weight is 429 g/mol. The largest absolute Gasteiger partial charge is 0.467 e. The molecule has 0 aliphatic carbocycles. The molecular formula is C23H15N3O4S. The monoisotopic (exact) mass is 429 g/mol. The van der Waals surface area contributed by atoms with Crippen molar-refractivity contribution in [2.45, 2.75) is 6.54 Å². The second kappa shape index (κ2) is 7.66. The lowest BCUT2D eigenvalue weighted by atomic mass is 10.1. The van der Waals surface area contributed by atoms with Crippen molar-refractivity contribution in [3.05, 3.63) is 94.9 Å². The first-order valence-corrected chi connectivity index (χ1v) is 10.3. The fourth-order valence-electron chi connectivity index (χ4n) is 3.43. The number of amides is 3. The van der Waals surface area contributed by atoms with E-state index < -0.39 is 11.8 Å². The number of aromatic nitrogens is 1. The molecule has 1 aliphatic rings. The Morgan fingerprint density at radius 1 is 1.03 bits per heavy atom. The lowest BCUT2D eigenvalue weighted by molar-refractivity contribution is 0.0631. The quantitative estimate of drug-likeness (QED) is 0.473. The van der Waals surface area contributed by atoms with Gasteiger partial charge >= 0.3 is 0 Å². The number of hydrogen-bond donors (Lipinski definition) is 1. The third kappa shape index (κ3) is 3.53. The number of rotatable bonds is 5. The molecule has 1 aliphatic heterocycles. The third-order valence-corrected chi connectivity index (χ3v) is 5.75. The van der Waals surface area contributed by atoms with E-state index in [-0.39, 0.29) is 23.6 Å². The van der Waals surface area contributed by atoms with E-state index in [4.69, 9.17) is 4.42 Å². The zero-order valence-corrected chi connectivity index (χ0v) is 16.9. The van der Waals surface area contributed by atoms with Gasteiger partial charge in [-0.3, -0.25) is 19.3 Å². The van der Waals surface area contributed by atoms with E-state index in [2.05, 4.69) is 10.3 Å². The first-order valence-electron chi connectivity index (χ1n) is 9.44. The fraction of sp³-hybridized carbons (Fsp3) is 0.0435. The predicted molar refractivity (Wildman–Crippen MR) is 115 cm³/mol. The number of fused-ring (bicyclic) bond motifs is 1. The summed E-state index contributed by atoms with van der Waals surface area (Å²) in [6.07, 6.45) is 3.21. The maximum Gasteiger partial charge on any atom is 0.261 e. The van der Waals surface area contributed by atoms with Gasteiger partial charge in [0, 0.05) is 28.4 Å². The summed E-state index contributed by atoms with van der Waals surface area (Å²) in [6, 6.07) is 15.3. The van der Waals surface area contributed by atoms with Gasteiger partial charge in [-0.1, -0.05) is 12.1 Å². The van der Waals surface area contributed by atoms with Crippen LogP contribution in [0.5, 0.6) is 0 Å². The number of anilines is 1. The Morgan fingerprint density at radius 3 is 2.68 bits per heavy atom. The number of benzene rings is 2. The lowest BCUT2D eigenvalue weighted by Gasteiger charge is -2.11. The van der Waals surface area contributed by atoms with Crippen molar-refractivity contribution < 1.29 is 18.8 Å². The average Bonchev–Trinajstić information content (AvgIpc) is 3.54. The lowest BCUT2D eigenvalue weighted by Crippen LogP contribution is -2.28. The molecule has 152 valence electrons. The van der Waals surface area contributed by atoms with Crippen LogP contribution in [0.1, 0.15) is 36.8 Å². The van der Waals surface area contributed by atoms with E-state index in [1.807, 2.05) is 23.6 Å². The van der Waals surface area contributed by atoms with Crippen LogP contribution in [0.4, 0.5) is 5.69 Å². The zero-order chi connectivity index (χ0) is 21.4. The van der Waals surface area contributed by atoms with Crippen molar-refractivity contribution in [3.8, 4) is 10.6 Å². The van der Waals surface area contributed by atoms with E-state index in [1.54, 1.807) is 30.5 Å². The molecule has 8 heteroatoms. The molecule has 4 aromatic rings. The van der Waals surface area contributed by atoms with Crippen LogP contribution < -0.4 is 5.32 Å². The first kappa shape index (κ1) is 19.0. The molecule has 3 heterocycles. The van der Waals surface area contributed by atoms with Crippen LogP contribution in [-0.4, -0.2) is 27.6 Å². The summed E-state index contributed by atoms with van der Waals surface area (Å²) in [6.45, 7) is 0.0461. The second-order valence-electron chi connectivity index (χ2n) is 6.91. The van der Waals surface area contributed by atoms with Crippen molar-refractivity contribution in [2.24, 2.45) is 0 Å². The molecule has 1 N–H and O–H groups in total. The minimum absolute atomic E-state index is 0.0461. The third-order valence-electron chi connectivity index (χ3n) is 4.93. The highest BCUT2D eigenvalue weighted by Gasteiger charge is 2.36. The summed E-state index contributed by atoms with van der Waals surface area (Å²) in [7, 11) is 0. The van der Waals surface area contributed by atoms with Crippen molar-refractivity contribution in [2.75, 3.05) is 5.32 Å². The number of hydrogen-bond acceptors (Lipinski definition) is 6. The van der Waals surface area contributed by atoms with Gasteiger partial charge in [0.2, 0.25) is 0 Å². The Bertz CT molecular complexity index is 1300. The molecule has 5 rings (SSSR count). The molecule has 7 nitrogen and oxygen atoms in total. The Kier molecular flexibility index (Phi) is 4.68. The molecule has 31 heavy (non-hydrogen) atoms. The number of nitrogens with zero attached hydrogens (tertiary/aromatic N) is 2. The van der Waals surface area contributed by atoms with Crippen LogP contribution in [0, 0.1) is 0 Å². The van der Waals surface area contributed by atoms with E-state index in [9.17, 15) is 14.4 Å². The number of thiazole rings is 1. The summed E-state index contributed by atoms with van der Waals surface area (Å²) >= 11 is 1.51. The van der Waals surface area contributed by atoms with Gasteiger partial charge in [-0.05, 0) is 42.5 Å². The van der Waals surface area contributed by atoms with Gasteiger partial charge in [0.05, 0.1) is 23.9 Å². The van der Waals surface area contributed by atoms with Crippen LogP contribution in [0.25, 0.3) is 10.6 Å². The molecule has 2 aromatic carbocycles. The summed E-state index contributed by atoms with van der Waals surface area (Å²) in [5, 5.41) is 5.58. The van der Waals surface area contributed by atoms with Gasteiger partial charge in [-0.15, -0.1) is 11.3 Å². The summed E-state index contributed by atoms with van der Waals surface area (Å²) in [4.78, 5) is 43.6. The number of furan rings is 1. The summed E-state index contributed by atoms with van der Waals surface area (Å²) in [5.74, 6) is -0.715. The standard InChI is InChI=1S/C23H15N3O4S/c27-20(25-16-4-1-3-15(11-16)21-24-8-10-31-21)14-6-7-18-19(12-14)23(29)26(22(18)28)13-17-5-2-9-30-17/h1-12H,13H2,(H,25,27). The van der Waals surface area contributed by atoms with E-state index >= 15 is 0 Å². The van der Waals surface area contributed by atoms with Crippen LogP contribution in [0.2, 0.25) is 0 Å². The second-order valence-corrected chi connectivity index (χ2v) is 7.80. The molecular weight excluding hydrogens is 414 g/mol. The minimum Gasteiger partial charge on any atom is -0.467 e. The molecule has 2 aromatic heterocycles. The minimum atomic E-state index is -0.447. The summed E-state index contributed by atoms with van der Waals surface area (Å²) < 4.78 is 5.24. The first-order chi connectivity index (χ1) is 15.1. The molecule has 0 saturated carbocycles. The Morgan fingerprint density at radius 2 is 1.90 bits per heavy atom. The van der Waals surface area contributed by atoms with Crippen molar-refractivity contribution in [1.29, 1.82) is 0 Å². The number of nitrogens with one attached hydrogen (secondary N) is 1. The zero-order valence-electron chi connectivity index (χ0n) is 16.1. The number of imide groups is 1. The Balaban J connectivity index is 1.37.